The molecule has 8 heteroatoms. The molecule has 0 atom stereocenters. The van der Waals surface area contributed by atoms with E-state index in [9.17, 15) is 9.59 Å². The van der Waals surface area contributed by atoms with Gasteiger partial charge in [0, 0.05) is 25.0 Å². The molecule has 0 saturated carbocycles. The van der Waals surface area contributed by atoms with Crippen LogP contribution in [-0.4, -0.2) is 23.9 Å². The maximum Gasteiger partial charge on any atom is 0.257 e. The number of benzene rings is 1. The third-order valence-corrected chi connectivity index (χ3v) is 4.41. The molecule has 2 N–H and O–H groups in total. The van der Waals surface area contributed by atoms with Crippen LogP contribution in [-0.2, 0) is 22.7 Å². The van der Waals surface area contributed by atoms with Gasteiger partial charge in [-0.25, -0.2) is 4.98 Å². The summed E-state index contributed by atoms with van der Waals surface area (Å²) < 4.78 is 10.8. The van der Waals surface area contributed by atoms with E-state index in [4.69, 9.17) is 9.15 Å². The van der Waals surface area contributed by atoms with E-state index in [0.29, 0.717) is 41.1 Å². The summed E-state index contributed by atoms with van der Waals surface area (Å²) >= 11 is 1.31. The first-order chi connectivity index (χ1) is 13.0. The van der Waals surface area contributed by atoms with Gasteiger partial charge in [-0.2, -0.15) is 0 Å². The summed E-state index contributed by atoms with van der Waals surface area (Å²) in [4.78, 5) is 27.8. The van der Waals surface area contributed by atoms with Crippen molar-refractivity contribution in [2.45, 2.75) is 20.1 Å². The van der Waals surface area contributed by atoms with E-state index in [0.717, 1.165) is 5.56 Å². The van der Waals surface area contributed by atoms with Gasteiger partial charge in [-0.05, 0) is 29.8 Å². The predicted molar refractivity (Wildman–Crippen MR) is 102 cm³/mol. The monoisotopic (exact) mass is 385 g/mol. The SMILES string of the molecule is COCc1cccc(C(=O)Nc2nc(-c3ccc(CNC(C)=O)o3)cs2)c1. The molecule has 0 radical (unpaired) electrons. The number of hydrogen-bond acceptors (Lipinski definition) is 6. The fourth-order valence-corrected chi connectivity index (χ4v) is 3.10. The Morgan fingerprint density at radius 2 is 2.11 bits per heavy atom. The van der Waals surface area contributed by atoms with Gasteiger partial charge in [0.1, 0.15) is 11.5 Å². The number of hydrogen-bond donors (Lipinski definition) is 2. The van der Waals surface area contributed by atoms with Crippen LogP contribution in [0.25, 0.3) is 11.5 Å². The molecule has 3 aromatic rings. The molecule has 0 spiro atoms. The zero-order valence-electron chi connectivity index (χ0n) is 14.9. The van der Waals surface area contributed by atoms with Crippen LogP contribution >= 0.6 is 11.3 Å². The number of nitrogens with zero attached hydrogens (tertiary/aromatic N) is 1. The van der Waals surface area contributed by atoms with E-state index in [-0.39, 0.29) is 11.8 Å². The van der Waals surface area contributed by atoms with Crippen LogP contribution in [0.15, 0.2) is 46.2 Å². The minimum absolute atomic E-state index is 0.124. The Bertz CT molecular complexity index is 948. The maximum absolute atomic E-state index is 12.4. The molecule has 2 aromatic heterocycles. The van der Waals surface area contributed by atoms with Crippen molar-refractivity contribution in [3.8, 4) is 11.5 Å². The third-order valence-electron chi connectivity index (χ3n) is 3.65. The molecule has 2 amide bonds. The van der Waals surface area contributed by atoms with Crippen molar-refractivity contribution in [1.82, 2.24) is 10.3 Å². The number of anilines is 1. The number of aromatic nitrogens is 1. The number of methoxy groups -OCH3 is 1. The molecule has 7 nitrogen and oxygen atoms in total. The second kappa shape index (κ2) is 8.61. The zero-order chi connectivity index (χ0) is 19.2. The highest BCUT2D eigenvalue weighted by molar-refractivity contribution is 7.14. The molecule has 1 aromatic carbocycles. The molecule has 2 heterocycles. The molecule has 3 rings (SSSR count). The molecule has 0 unspecified atom stereocenters. The molecule has 27 heavy (non-hydrogen) atoms. The highest BCUT2D eigenvalue weighted by Gasteiger charge is 2.13. The second-order valence-electron chi connectivity index (χ2n) is 5.80. The molecule has 0 bridgehead atoms. The Labute approximate surface area is 160 Å². The van der Waals surface area contributed by atoms with Crippen LogP contribution in [0, 0.1) is 0 Å². The Balaban J connectivity index is 1.66. The van der Waals surface area contributed by atoms with E-state index in [1.54, 1.807) is 36.8 Å². The summed E-state index contributed by atoms with van der Waals surface area (Å²) in [5.41, 5.74) is 2.08. The van der Waals surface area contributed by atoms with E-state index < -0.39 is 0 Å². The molecule has 0 saturated heterocycles. The predicted octanol–water partition coefficient (Wildman–Crippen LogP) is 3.44. The van der Waals surface area contributed by atoms with Crippen LogP contribution in [0.3, 0.4) is 0 Å². The number of amides is 2. The lowest BCUT2D eigenvalue weighted by Gasteiger charge is -2.04. The summed E-state index contributed by atoms with van der Waals surface area (Å²) in [6.07, 6.45) is 0. The van der Waals surface area contributed by atoms with Crippen molar-refractivity contribution in [2.24, 2.45) is 0 Å². The Morgan fingerprint density at radius 3 is 2.89 bits per heavy atom. The number of furan rings is 1. The molecular weight excluding hydrogens is 366 g/mol. The first kappa shape index (κ1) is 18.8. The Hall–Kier alpha value is -2.97. The van der Waals surface area contributed by atoms with Crippen molar-refractivity contribution < 1.29 is 18.7 Å². The van der Waals surface area contributed by atoms with Gasteiger partial charge in [-0.1, -0.05) is 12.1 Å². The smallest absolute Gasteiger partial charge is 0.257 e. The van der Waals surface area contributed by atoms with Gasteiger partial charge in [0.25, 0.3) is 5.91 Å². The van der Waals surface area contributed by atoms with Gasteiger partial charge >= 0.3 is 0 Å². The maximum atomic E-state index is 12.4. The lowest BCUT2D eigenvalue weighted by atomic mass is 10.1. The van der Waals surface area contributed by atoms with Gasteiger partial charge in [-0.15, -0.1) is 11.3 Å². The lowest BCUT2D eigenvalue weighted by molar-refractivity contribution is -0.119. The minimum atomic E-state index is -0.236. The topological polar surface area (TPSA) is 93.5 Å². The number of nitrogens with one attached hydrogen (secondary N) is 2. The summed E-state index contributed by atoms with van der Waals surface area (Å²) in [5.74, 6) is 0.851. The first-order valence-corrected chi connectivity index (χ1v) is 9.11. The Morgan fingerprint density at radius 1 is 1.26 bits per heavy atom. The van der Waals surface area contributed by atoms with Crippen molar-refractivity contribution in [3.05, 3.63) is 58.7 Å². The number of rotatable bonds is 7. The summed E-state index contributed by atoms with van der Waals surface area (Å²) in [5, 5.41) is 7.75. The van der Waals surface area contributed by atoms with Gasteiger partial charge in [0.05, 0.1) is 13.2 Å². The van der Waals surface area contributed by atoms with Crippen molar-refractivity contribution in [3.63, 3.8) is 0 Å². The fraction of sp³-hybridized carbons (Fsp3) is 0.211. The van der Waals surface area contributed by atoms with Crippen LogP contribution < -0.4 is 10.6 Å². The number of carbonyl (C=O) groups is 2. The average Bonchev–Trinajstić information content (AvgIpc) is 3.29. The van der Waals surface area contributed by atoms with Crippen LogP contribution in [0.2, 0.25) is 0 Å². The molecule has 140 valence electrons. The van der Waals surface area contributed by atoms with E-state index in [1.807, 2.05) is 12.1 Å². The average molecular weight is 385 g/mol. The normalized spacial score (nSPS) is 10.6. The number of carbonyl (C=O) groups excluding carboxylic acids is 2. The minimum Gasteiger partial charge on any atom is -0.458 e. The van der Waals surface area contributed by atoms with Crippen LogP contribution in [0.4, 0.5) is 5.13 Å². The van der Waals surface area contributed by atoms with Crippen molar-refractivity contribution in [2.75, 3.05) is 12.4 Å². The van der Waals surface area contributed by atoms with E-state index in [2.05, 4.69) is 15.6 Å². The molecular formula is C19H19N3O4S. The number of thiazole rings is 1. The van der Waals surface area contributed by atoms with Crippen LogP contribution in [0.1, 0.15) is 28.6 Å². The van der Waals surface area contributed by atoms with E-state index in [1.165, 1.54) is 18.3 Å². The van der Waals surface area contributed by atoms with Gasteiger partial charge in [0.15, 0.2) is 10.9 Å². The first-order valence-electron chi connectivity index (χ1n) is 8.23. The number of ether oxygens (including phenoxy) is 1. The Kier molecular flexibility index (Phi) is 6.00. The van der Waals surface area contributed by atoms with Gasteiger partial charge < -0.3 is 14.5 Å². The lowest BCUT2D eigenvalue weighted by Crippen LogP contribution is -2.18. The van der Waals surface area contributed by atoms with E-state index >= 15 is 0 Å². The van der Waals surface area contributed by atoms with Crippen LogP contribution in [0.5, 0.6) is 0 Å². The summed E-state index contributed by atoms with van der Waals surface area (Å²) in [7, 11) is 1.61. The van der Waals surface area contributed by atoms with Gasteiger partial charge in [-0.3, -0.25) is 14.9 Å². The highest BCUT2D eigenvalue weighted by Crippen LogP contribution is 2.27. The summed E-state index contributed by atoms with van der Waals surface area (Å²) in [6.45, 7) is 2.22. The highest BCUT2D eigenvalue weighted by atomic mass is 32.1. The second-order valence-corrected chi connectivity index (χ2v) is 6.66. The van der Waals surface area contributed by atoms with Crippen molar-refractivity contribution >= 4 is 28.3 Å². The largest absolute Gasteiger partial charge is 0.458 e. The fourth-order valence-electron chi connectivity index (χ4n) is 2.40. The molecule has 0 aliphatic rings. The molecule has 0 aliphatic carbocycles. The summed E-state index contributed by atoms with van der Waals surface area (Å²) in [6, 6.07) is 10.8. The quantitative estimate of drug-likeness (QED) is 0.650. The zero-order valence-corrected chi connectivity index (χ0v) is 15.8. The molecule has 0 aliphatic heterocycles. The standard InChI is InChI=1S/C19H19N3O4S/c1-12(23)20-9-15-6-7-17(26-15)16-11-27-19(21-16)22-18(24)14-5-3-4-13(8-14)10-25-2/h3-8,11H,9-10H2,1-2H3,(H,20,23)(H,21,22,24). The molecule has 0 fully saturated rings. The van der Waals surface area contributed by atoms with Gasteiger partial charge in [0.2, 0.25) is 5.91 Å². The third kappa shape index (κ3) is 5.02. The van der Waals surface area contributed by atoms with Crippen molar-refractivity contribution in [1.29, 1.82) is 0 Å².